The van der Waals surface area contributed by atoms with Crippen molar-refractivity contribution in [3.05, 3.63) is 52.7 Å². The van der Waals surface area contributed by atoms with Crippen LogP contribution in [0.3, 0.4) is 0 Å². The first-order valence-corrected chi connectivity index (χ1v) is 10.7. The zero-order chi connectivity index (χ0) is 22.0. The summed E-state index contributed by atoms with van der Waals surface area (Å²) in [5.41, 5.74) is 2.08. The second-order valence-corrected chi connectivity index (χ2v) is 8.50. The van der Waals surface area contributed by atoms with Crippen molar-refractivity contribution in [3.63, 3.8) is 0 Å². The molecule has 7 nitrogen and oxygen atoms in total. The van der Waals surface area contributed by atoms with Crippen LogP contribution in [0, 0.1) is 19.7 Å². The summed E-state index contributed by atoms with van der Waals surface area (Å²) in [4.78, 5) is 29.8. The average Bonchev–Trinajstić information content (AvgIpc) is 3.32. The first-order valence-electron chi connectivity index (χ1n) is 10.7. The summed E-state index contributed by atoms with van der Waals surface area (Å²) >= 11 is 0. The number of hydrogen-bond acceptors (Lipinski definition) is 5. The van der Waals surface area contributed by atoms with Crippen LogP contribution in [0.4, 0.5) is 4.39 Å². The number of rotatable bonds is 5. The fraction of sp³-hybridized carbons (Fsp3) is 0.522. The molecule has 2 aromatic rings. The Morgan fingerprint density at radius 1 is 1.26 bits per heavy atom. The SMILES string of the molecule is Cc1noc(C)c1CCC(=O)N1CCC(=O)N(Cc2ccc(F)cc2)C2(CCOC2)C1. The van der Waals surface area contributed by atoms with Crippen molar-refractivity contribution in [1.29, 1.82) is 0 Å². The Kier molecular flexibility index (Phi) is 6.09. The van der Waals surface area contributed by atoms with Crippen LogP contribution in [0.15, 0.2) is 28.8 Å². The molecule has 1 spiro atoms. The first kappa shape index (κ1) is 21.5. The van der Waals surface area contributed by atoms with Crippen LogP contribution in [0.2, 0.25) is 0 Å². The van der Waals surface area contributed by atoms with Crippen LogP contribution in [0.25, 0.3) is 0 Å². The summed E-state index contributed by atoms with van der Waals surface area (Å²) in [7, 11) is 0. The molecule has 8 heteroatoms. The summed E-state index contributed by atoms with van der Waals surface area (Å²) in [5.74, 6) is 0.445. The van der Waals surface area contributed by atoms with Gasteiger partial charge in [-0.05, 0) is 44.4 Å². The maximum absolute atomic E-state index is 13.3. The Morgan fingerprint density at radius 2 is 2.03 bits per heavy atom. The maximum atomic E-state index is 13.3. The molecule has 1 aromatic heterocycles. The lowest BCUT2D eigenvalue weighted by Crippen LogP contribution is -2.56. The standard InChI is InChI=1S/C23H28FN3O4/c1-16-20(17(2)31-25-16)7-8-21(28)26-11-9-22(29)27(23(14-26)10-12-30-15-23)13-18-3-5-19(24)6-4-18/h3-6H,7-15H2,1-2H3. The molecule has 1 aromatic carbocycles. The van der Waals surface area contributed by atoms with E-state index in [0.717, 1.165) is 22.6 Å². The van der Waals surface area contributed by atoms with Gasteiger partial charge in [0.25, 0.3) is 0 Å². The van der Waals surface area contributed by atoms with Crippen molar-refractivity contribution in [2.24, 2.45) is 0 Å². The number of carbonyl (C=O) groups is 2. The Hall–Kier alpha value is -2.74. The van der Waals surface area contributed by atoms with Crippen LogP contribution in [-0.4, -0.2) is 58.6 Å². The second-order valence-electron chi connectivity index (χ2n) is 8.50. The zero-order valence-electron chi connectivity index (χ0n) is 18.0. The molecule has 4 rings (SSSR count). The Bertz CT molecular complexity index is 931. The van der Waals surface area contributed by atoms with Gasteiger partial charge in [-0.2, -0.15) is 0 Å². The molecular weight excluding hydrogens is 401 g/mol. The summed E-state index contributed by atoms with van der Waals surface area (Å²) in [6.07, 6.45) is 1.84. The van der Waals surface area contributed by atoms with Crippen LogP contribution in [-0.2, 0) is 27.3 Å². The number of ether oxygens (including phenoxy) is 1. The van der Waals surface area contributed by atoms with E-state index in [4.69, 9.17) is 9.26 Å². The third kappa shape index (κ3) is 4.49. The fourth-order valence-corrected chi connectivity index (χ4v) is 4.57. The molecule has 2 saturated heterocycles. The molecule has 1 atom stereocenters. The highest BCUT2D eigenvalue weighted by atomic mass is 19.1. The molecule has 2 fully saturated rings. The quantitative estimate of drug-likeness (QED) is 0.731. The van der Waals surface area contributed by atoms with Gasteiger partial charge in [-0.1, -0.05) is 17.3 Å². The van der Waals surface area contributed by atoms with E-state index in [1.165, 1.54) is 12.1 Å². The Balaban J connectivity index is 1.50. The third-order valence-corrected chi connectivity index (χ3v) is 6.41. The van der Waals surface area contributed by atoms with E-state index in [-0.39, 0.29) is 24.1 Å². The Labute approximate surface area is 181 Å². The molecule has 0 bridgehead atoms. The van der Waals surface area contributed by atoms with Crippen molar-refractivity contribution in [1.82, 2.24) is 15.0 Å². The van der Waals surface area contributed by atoms with E-state index in [2.05, 4.69) is 5.16 Å². The second kappa shape index (κ2) is 8.78. The molecule has 0 N–H and O–H groups in total. The van der Waals surface area contributed by atoms with E-state index in [9.17, 15) is 14.0 Å². The number of nitrogens with zero attached hydrogens (tertiary/aromatic N) is 3. The van der Waals surface area contributed by atoms with Gasteiger partial charge in [0.05, 0.1) is 17.8 Å². The molecule has 1 unspecified atom stereocenters. The van der Waals surface area contributed by atoms with Gasteiger partial charge in [0.15, 0.2) is 0 Å². The number of carbonyl (C=O) groups excluding carboxylic acids is 2. The lowest BCUT2D eigenvalue weighted by atomic mass is 9.94. The van der Waals surface area contributed by atoms with Crippen LogP contribution < -0.4 is 0 Å². The van der Waals surface area contributed by atoms with Crippen LogP contribution in [0.1, 0.15) is 41.8 Å². The molecule has 2 amide bonds. The molecule has 31 heavy (non-hydrogen) atoms. The van der Waals surface area contributed by atoms with Gasteiger partial charge in [0.2, 0.25) is 11.8 Å². The number of hydrogen-bond donors (Lipinski definition) is 0. The van der Waals surface area contributed by atoms with E-state index in [1.807, 2.05) is 18.7 Å². The summed E-state index contributed by atoms with van der Waals surface area (Å²) in [6.45, 7) is 5.88. The van der Waals surface area contributed by atoms with Gasteiger partial charge < -0.3 is 19.1 Å². The van der Waals surface area contributed by atoms with Gasteiger partial charge in [-0.3, -0.25) is 9.59 Å². The molecule has 166 valence electrons. The fourth-order valence-electron chi connectivity index (χ4n) is 4.57. The highest BCUT2D eigenvalue weighted by Gasteiger charge is 2.46. The maximum Gasteiger partial charge on any atom is 0.225 e. The van der Waals surface area contributed by atoms with Crippen molar-refractivity contribution in [2.75, 3.05) is 26.3 Å². The predicted molar refractivity (Wildman–Crippen MR) is 111 cm³/mol. The largest absolute Gasteiger partial charge is 0.379 e. The van der Waals surface area contributed by atoms with Crippen LogP contribution >= 0.6 is 0 Å². The highest BCUT2D eigenvalue weighted by molar-refractivity contribution is 5.81. The van der Waals surface area contributed by atoms with Crippen LogP contribution in [0.5, 0.6) is 0 Å². The van der Waals surface area contributed by atoms with Crippen molar-refractivity contribution in [2.45, 2.75) is 51.6 Å². The number of amides is 2. The van der Waals surface area contributed by atoms with Gasteiger partial charge in [-0.15, -0.1) is 0 Å². The molecular formula is C23H28FN3O4. The molecule has 2 aliphatic rings. The molecule has 2 aliphatic heterocycles. The lowest BCUT2D eigenvalue weighted by Gasteiger charge is -2.40. The minimum absolute atomic E-state index is 0.00384. The summed E-state index contributed by atoms with van der Waals surface area (Å²) in [5, 5.41) is 3.95. The predicted octanol–water partition coefficient (Wildman–Crippen LogP) is 2.78. The molecule has 0 aliphatic carbocycles. The molecule has 0 radical (unpaired) electrons. The number of halogens is 1. The number of benzene rings is 1. The summed E-state index contributed by atoms with van der Waals surface area (Å²) < 4.78 is 24.2. The number of aromatic nitrogens is 1. The van der Waals surface area contributed by atoms with Gasteiger partial charge in [0.1, 0.15) is 11.6 Å². The normalized spacial score (nSPS) is 21.7. The number of aryl methyl sites for hydroxylation is 2. The zero-order valence-corrected chi connectivity index (χ0v) is 18.0. The van der Waals surface area contributed by atoms with E-state index < -0.39 is 5.54 Å². The van der Waals surface area contributed by atoms with E-state index in [1.54, 1.807) is 17.0 Å². The van der Waals surface area contributed by atoms with Crippen molar-refractivity contribution in [3.8, 4) is 0 Å². The Morgan fingerprint density at radius 3 is 2.68 bits per heavy atom. The van der Waals surface area contributed by atoms with Gasteiger partial charge >= 0.3 is 0 Å². The van der Waals surface area contributed by atoms with E-state index >= 15 is 0 Å². The van der Waals surface area contributed by atoms with Crippen molar-refractivity contribution < 1.29 is 23.2 Å². The minimum Gasteiger partial charge on any atom is -0.379 e. The van der Waals surface area contributed by atoms with Crippen molar-refractivity contribution >= 4 is 11.8 Å². The monoisotopic (exact) mass is 429 g/mol. The first-order chi connectivity index (χ1) is 14.9. The lowest BCUT2D eigenvalue weighted by molar-refractivity contribution is -0.138. The molecule has 3 heterocycles. The van der Waals surface area contributed by atoms with Gasteiger partial charge in [0, 0.05) is 44.6 Å². The average molecular weight is 429 g/mol. The topological polar surface area (TPSA) is 75.9 Å². The minimum atomic E-state index is -0.555. The third-order valence-electron chi connectivity index (χ3n) is 6.41. The smallest absolute Gasteiger partial charge is 0.225 e. The van der Waals surface area contributed by atoms with E-state index in [0.29, 0.717) is 52.1 Å². The van der Waals surface area contributed by atoms with Gasteiger partial charge in [-0.25, -0.2) is 4.39 Å². The summed E-state index contributed by atoms with van der Waals surface area (Å²) in [6, 6.07) is 6.20. The molecule has 0 saturated carbocycles. The highest BCUT2D eigenvalue weighted by Crippen LogP contribution is 2.32.